The summed E-state index contributed by atoms with van der Waals surface area (Å²) in [5.74, 6) is 0.129. The first kappa shape index (κ1) is 14.2. The largest absolute Gasteiger partial charge is 0.491 e. The predicted molar refractivity (Wildman–Crippen MR) is 74.3 cm³/mol. The Balaban J connectivity index is 1.95. The maximum absolute atomic E-state index is 13.4. The van der Waals surface area contributed by atoms with E-state index in [9.17, 15) is 8.60 Å². The fourth-order valence-electron chi connectivity index (χ4n) is 1.65. The summed E-state index contributed by atoms with van der Waals surface area (Å²) in [4.78, 5) is 0.171. The van der Waals surface area contributed by atoms with Crippen molar-refractivity contribution in [3.63, 3.8) is 0 Å². The van der Waals surface area contributed by atoms with Gasteiger partial charge in [0, 0.05) is 0 Å². The third-order valence-corrected chi connectivity index (χ3v) is 3.97. The molecule has 3 nitrogen and oxygen atoms in total. The lowest BCUT2D eigenvalue weighted by Gasteiger charge is -2.07. The van der Waals surface area contributed by atoms with Gasteiger partial charge in [-0.25, -0.2) is 4.39 Å². The molecule has 0 spiro atoms. The van der Waals surface area contributed by atoms with Gasteiger partial charge < -0.3 is 4.74 Å². The van der Waals surface area contributed by atoms with Gasteiger partial charge in [-0.1, -0.05) is 24.3 Å². The minimum Gasteiger partial charge on any atom is -0.491 e. The number of para-hydroxylation sites is 1. The number of ether oxygens (including phenoxy) is 1. The van der Waals surface area contributed by atoms with Gasteiger partial charge in [0.2, 0.25) is 0 Å². The van der Waals surface area contributed by atoms with Crippen LogP contribution in [0.15, 0.2) is 53.4 Å². The topological polar surface area (TPSA) is 50.1 Å². The predicted octanol–water partition coefficient (Wildman–Crippen LogP) is 2.88. The molecule has 5 heteroatoms. The van der Waals surface area contributed by atoms with Crippen molar-refractivity contribution in [1.82, 2.24) is 0 Å². The lowest BCUT2D eigenvalue weighted by Crippen LogP contribution is -2.10. The molecule has 102 valence electrons. The van der Waals surface area contributed by atoms with Crippen molar-refractivity contribution in [3.8, 4) is 11.8 Å². The SMILES string of the molecule is N#Cc1ccccc1OCCS(=O)c1ccccc1F. The Morgan fingerprint density at radius 1 is 1.15 bits per heavy atom. The smallest absolute Gasteiger partial charge is 0.139 e. The Morgan fingerprint density at radius 3 is 2.60 bits per heavy atom. The molecule has 0 heterocycles. The van der Waals surface area contributed by atoms with Crippen LogP contribution in [-0.4, -0.2) is 16.6 Å². The molecule has 1 atom stereocenters. The molecule has 2 aromatic rings. The highest BCUT2D eigenvalue weighted by atomic mass is 32.2. The Bertz CT molecular complexity index is 667. The third kappa shape index (κ3) is 3.43. The van der Waals surface area contributed by atoms with E-state index in [1.807, 2.05) is 6.07 Å². The summed E-state index contributed by atoms with van der Waals surface area (Å²) in [5, 5.41) is 8.90. The highest BCUT2D eigenvalue weighted by molar-refractivity contribution is 7.85. The first-order chi connectivity index (χ1) is 9.72. The fraction of sp³-hybridized carbons (Fsp3) is 0.133. The van der Waals surface area contributed by atoms with E-state index in [4.69, 9.17) is 10.00 Å². The van der Waals surface area contributed by atoms with Gasteiger partial charge in [-0.3, -0.25) is 4.21 Å². The number of benzene rings is 2. The van der Waals surface area contributed by atoms with Crippen LogP contribution in [-0.2, 0) is 10.8 Å². The van der Waals surface area contributed by atoms with E-state index < -0.39 is 16.6 Å². The molecular weight excluding hydrogens is 277 g/mol. The van der Waals surface area contributed by atoms with E-state index in [0.29, 0.717) is 11.3 Å². The second-order valence-corrected chi connectivity index (χ2v) is 5.48. The Kier molecular flexibility index (Phi) is 4.85. The van der Waals surface area contributed by atoms with Crippen LogP contribution in [0, 0.1) is 17.1 Å². The Morgan fingerprint density at radius 2 is 1.85 bits per heavy atom. The minimum absolute atomic E-state index is 0.152. The maximum Gasteiger partial charge on any atom is 0.139 e. The van der Waals surface area contributed by atoms with E-state index in [0.717, 1.165) is 0 Å². The zero-order valence-corrected chi connectivity index (χ0v) is 11.4. The molecule has 0 saturated heterocycles. The van der Waals surface area contributed by atoms with Crippen LogP contribution in [0.5, 0.6) is 5.75 Å². The number of hydrogen-bond donors (Lipinski definition) is 0. The van der Waals surface area contributed by atoms with Gasteiger partial charge >= 0.3 is 0 Å². The summed E-state index contributed by atoms with van der Waals surface area (Å²) in [6.45, 7) is 0.152. The van der Waals surface area contributed by atoms with Gasteiger partial charge in [-0.2, -0.15) is 5.26 Å². The molecular formula is C15H12FNO2S. The monoisotopic (exact) mass is 289 g/mol. The minimum atomic E-state index is -1.46. The molecule has 1 unspecified atom stereocenters. The highest BCUT2D eigenvalue weighted by Crippen LogP contribution is 2.17. The van der Waals surface area contributed by atoms with Crippen LogP contribution in [0.4, 0.5) is 4.39 Å². The van der Waals surface area contributed by atoms with Crippen molar-refractivity contribution in [2.75, 3.05) is 12.4 Å². The van der Waals surface area contributed by atoms with E-state index in [1.165, 1.54) is 12.1 Å². The summed E-state index contributed by atoms with van der Waals surface area (Å²) < 4.78 is 30.8. The van der Waals surface area contributed by atoms with E-state index in [2.05, 4.69) is 0 Å². The van der Waals surface area contributed by atoms with Gasteiger partial charge in [-0.05, 0) is 24.3 Å². The van der Waals surface area contributed by atoms with Crippen LogP contribution < -0.4 is 4.74 Å². The zero-order chi connectivity index (χ0) is 14.4. The van der Waals surface area contributed by atoms with Gasteiger partial charge in [-0.15, -0.1) is 0 Å². The van der Waals surface area contributed by atoms with Gasteiger partial charge in [0.15, 0.2) is 0 Å². The van der Waals surface area contributed by atoms with Crippen LogP contribution in [0.1, 0.15) is 5.56 Å². The van der Waals surface area contributed by atoms with Gasteiger partial charge in [0.1, 0.15) is 24.2 Å². The summed E-state index contributed by atoms with van der Waals surface area (Å²) >= 11 is 0. The molecule has 0 saturated carbocycles. The Labute approximate surface area is 119 Å². The highest BCUT2D eigenvalue weighted by Gasteiger charge is 2.09. The standard InChI is InChI=1S/C15H12FNO2S/c16-13-6-2-4-8-15(13)20(18)10-9-19-14-7-3-1-5-12(14)11-17/h1-8H,9-10H2. The second kappa shape index (κ2) is 6.83. The molecule has 0 radical (unpaired) electrons. The quantitative estimate of drug-likeness (QED) is 0.850. The third-order valence-electron chi connectivity index (χ3n) is 2.62. The first-order valence-electron chi connectivity index (χ1n) is 5.97. The second-order valence-electron chi connectivity index (χ2n) is 3.94. The van der Waals surface area contributed by atoms with Crippen LogP contribution in [0.2, 0.25) is 0 Å². The number of nitriles is 1. The molecule has 2 rings (SSSR count). The molecule has 0 bridgehead atoms. The van der Waals surface area contributed by atoms with Crippen LogP contribution in [0.3, 0.4) is 0 Å². The summed E-state index contributed by atoms with van der Waals surface area (Å²) in [6, 6.07) is 14.8. The summed E-state index contributed by atoms with van der Waals surface area (Å²) in [6.07, 6.45) is 0. The van der Waals surface area contributed by atoms with Crippen LogP contribution >= 0.6 is 0 Å². The summed E-state index contributed by atoms with van der Waals surface area (Å²) in [7, 11) is -1.46. The van der Waals surface area contributed by atoms with Crippen molar-refractivity contribution >= 4 is 10.8 Å². The average Bonchev–Trinajstić information content (AvgIpc) is 2.48. The average molecular weight is 289 g/mol. The molecule has 0 aliphatic rings. The molecule has 0 aromatic heterocycles. The zero-order valence-electron chi connectivity index (χ0n) is 10.6. The van der Waals surface area contributed by atoms with E-state index in [1.54, 1.807) is 36.4 Å². The number of rotatable bonds is 5. The number of hydrogen-bond acceptors (Lipinski definition) is 3. The molecule has 20 heavy (non-hydrogen) atoms. The molecule has 2 aromatic carbocycles. The number of nitrogens with zero attached hydrogens (tertiary/aromatic N) is 1. The lowest BCUT2D eigenvalue weighted by molar-refractivity contribution is 0.341. The van der Waals surface area contributed by atoms with Crippen molar-refractivity contribution in [3.05, 3.63) is 59.9 Å². The van der Waals surface area contributed by atoms with E-state index >= 15 is 0 Å². The van der Waals surface area contributed by atoms with Crippen molar-refractivity contribution in [1.29, 1.82) is 5.26 Å². The van der Waals surface area contributed by atoms with Gasteiger partial charge in [0.25, 0.3) is 0 Å². The summed E-state index contributed by atoms with van der Waals surface area (Å²) in [5.41, 5.74) is 0.421. The van der Waals surface area contributed by atoms with Crippen molar-refractivity contribution in [2.45, 2.75) is 4.90 Å². The lowest BCUT2D eigenvalue weighted by atomic mass is 10.2. The van der Waals surface area contributed by atoms with E-state index in [-0.39, 0.29) is 17.3 Å². The maximum atomic E-state index is 13.4. The fourth-order valence-corrected chi connectivity index (χ4v) is 2.62. The molecule has 0 aliphatic heterocycles. The Hall–Kier alpha value is -2.19. The molecule has 0 N–H and O–H groups in total. The van der Waals surface area contributed by atoms with Crippen molar-refractivity contribution in [2.24, 2.45) is 0 Å². The van der Waals surface area contributed by atoms with Crippen LogP contribution in [0.25, 0.3) is 0 Å². The van der Waals surface area contributed by atoms with Crippen molar-refractivity contribution < 1.29 is 13.3 Å². The molecule has 0 fully saturated rings. The van der Waals surface area contributed by atoms with Gasteiger partial charge in [0.05, 0.1) is 27.0 Å². The molecule has 0 aliphatic carbocycles. The molecule has 0 amide bonds. The number of halogens is 1. The first-order valence-corrected chi connectivity index (χ1v) is 7.29. The normalized spacial score (nSPS) is 11.6.